The highest BCUT2D eigenvalue weighted by molar-refractivity contribution is 7.80. The molecule has 0 aliphatic heterocycles. The third-order valence-electron chi connectivity index (χ3n) is 3.37. The first-order valence-corrected chi connectivity index (χ1v) is 7.09. The third-order valence-corrected chi connectivity index (χ3v) is 3.59. The molecule has 21 heavy (non-hydrogen) atoms. The van der Waals surface area contributed by atoms with Gasteiger partial charge in [0.25, 0.3) is 5.56 Å². The molecule has 0 aliphatic carbocycles. The standard InChI is InChI=1S/C15H18N4OS/c1-3-18(2)12-8-14(20)19(17-9-12)10-11-6-4-5-7-13(11)15(16)21/h4-9H,3,10H2,1-2H3,(H2,16,21). The highest BCUT2D eigenvalue weighted by Crippen LogP contribution is 2.10. The maximum Gasteiger partial charge on any atom is 0.269 e. The van der Waals surface area contributed by atoms with Crippen LogP contribution in [0.2, 0.25) is 0 Å². The zero-order valence-electron chi connectivity index (χ0n) is 12.1. The van der Waals surface area contributed by atoms with E-state index in [1.165, 1.54) is 4.68 Å². The smallest absolute Gasteiger partial charge is 0.269 e. The number of thiocarbonyl (C=S) groups is 1. The Balaban J connectivity index is 2.33. The van der Waals surface area contributed by atoms with E-state index < -0.39 is 0 Å². The van der Waals surface area contributed by atoms with Crippen molar-refractivity contribution in [3.63, 3.8) is 0 Å². The zero-order valence-corrected chi connectivity index (χ0v) is 12.9. The number of hydrogen-bond acceptors (Lipinski definition) is 4. The summed E-state index contributed by atoms with van der Waals surface area (Å²) in [4.78, 5) is 14.4. The topological polar surface area (TPSA) is 64.2 Å². The van der Waals surface area contributed by atoms with E-state index in [-0.39, 0.29) is 5.56 Å². The molecule has 0 unspecified atom stereocenters. The first-order chi connectivity index (χ1) is 10.0. The molecule has 0 aliphatic rings. The first-order valence-electron chi connectivity index (χ1n) is 6.69. The summed E-state index contributed by atoms with van der Waals surface area (Å²) >= 11 is 5.03. The van der Waals surface area contributed by atoms with Crippen LogP contribution in [-0.4, -0.2) is 28.4 Å². The Hall–Kier alpha value is -2.21. The Labute approximate surface area is 129 Å². The molecule has 5 nitrogen and oxygen atoms in total. The summed E-state index contributed by atoms with van der Waals surface area (Å²) in [6.07, 6.45) is 1.69. The van der Waals surface area contributed by atoms with Gasteiger partial charge in [-0.25, -0.2) is 4.68 Å². The lowest BCUT2D eigenvalue weighted by atomic mass is 10.1. The van der Waals surface area contributed by atoms with Crippen molar-refractivity contribution in [1.82, 2.24) is 9.78 Å². The van der Waals surface area contributed by atoms with Crippen molar-refractivity contribution in [1.29, 1.82) is 0 Å². The van der Waals surface area contributed by atoms with Crippen LogP contribution in [0.3, 0.4) is 0 Å². The minimum absolute atomic E-state index is 0.148. The number of aromatic nitrogens is 2. The van der Waals surface area contributed by atoms with E-state index in [1.807, 2.05) is 43.1 Å². The number of nitrogens with two attached hydrogens (primary N) is 1. The summed E-state index contributed by atoms with van der Waals surface area (Å²) in [5.74, 6) is 0. The van der Waals surface area contributed by atoms with E-state index >= 15 is 0 Å². The van der Waals surface area contributed by atoms with Gasteiger partial charge in [-0.1, -0.05) is 36.5 Å². The number of rotatable bonds is 5. The molecular formula is C15H18N4OS. The predicted molar refractivity (Wildman–Crippen MR) is 88.9 cm³/mol. The normalized spacial score (nSPS) is 10.4. The van der Waals surface area contributed by atoms with E-state index in [2.05, 4.69) is 5.10 Å². The van der Waals surface area contributed by atoms with E-state index in [1.54, 1.807) is 12.3 Å². The van der Waals surface area contributed by atoms with Crippen LogP contribution in [0.15, 0.2) is 41.3 Å². The number of benzene rings is 1. The van der Waals surface area contributed by atoms with Crippen LogP contribution in [-0.2, 0) is 6.54 Å². The molecule has 0 atom stereocenters. The Morgan fingerprint density at radius 3 is 2.76 bits per heavy atom. The highest BCUT2D eigenvalue weighted by Gasteiger charge is 2.08. The van der Waals surface area contributed by atoms with Gasteiger partial charge in [0.1, 0.15) is 4.99 Å². The third kappa shape index (κ3) is 3.46. The second-order valence-electron chi connectivity index (χ2n) is 4.75. The number of anilines is 1. The van der Waals surface area contributed by atoms with Crippen LogP contribution < -0.4 is 16.2 Å². The maximum atomic E-state index is 12.2. The van der Waals surface area contributed by atoms with E-state index in [0.29, 0.717) is 11.5 Å². The van der Waals surface area contributed by atoms with Gasteiger partial charge < -0.3 is 10.6 Å². The quantitative estimate of drug-likeness (QED) is 0.845. The minimum atomic E-state index is -0.148. The molecule has 0 radical (unpaired) electrons. The van der Waals surface area contributed by atoms with E-state index in [0.717, 1.165) is 23.4 Å². The molecule has 0 saturated carbocycles. The maximum absolute atomic E-state index is 12.2. The molecular weight excluding hydrogens is 284 g/mol. The number of hydrogen-bond donors (Lipinski definition) is 1. The van der Waals surface area contributed by atoms with Gasteiger partial charge in [-0.15, -0.1) is 0 Å². The summed E-state index contributed by atoms with van der Waals surface area (Å²) < 4.78 is 1.41. The highest BCUT2D eigenvalue weighted by atomic mass is 32.1. The summed E-state index contributed by atoms with van der Waals surface area (Å²) in [6, 6.07) is 9.09. The second-order valence-corrected chi connectivity index (χ2v) is 5.19. The van der Waals surface area contributed by atoms with Crippen molar-refractivity contribution in [3.8, 4) is 0 Å². The molecule has 2 rings (SSSR count). The molecule has 0 saturated heterocycles. The van der Waals surface area contributed by atoms with Gasteiger partial charge in [0.2, 0.25) is 0 Å². The van der Waals surface area contributed by atoms with Gasteiger partial charge in [-0.2, -0.15) is 5.10 Å². The lowest BCUT2D eigenvalue weighted by Crippen LogP contribution is -2.26. The van der Waals surface area contributed by atoms with Gasteiger partial charge in [-0.05, 0) is 12.5 Å². The van der Waals surface area contributed by atoms with Gasteiger partial charge in [-0.3, -0.25) is 4.79 Å². The van der Waals surface area contributed by atoms with Crippen LogP contribution in [0, 0.1) is 0 Å². The van der Waals surface area contributed by atoms with Gasteiger partial charge in [0, 0.05) is 25.2 Å². The predicted octanol–water partition coefficient (Wildman–Crippen LogP) is 1.38. The van der Waals surface area contributed by atoms with Gasteiger partial charge in [0.05, 0.1) is 18.4 Å². The van der Waals surface area contributed by atoms with E-state index in [9.17, 15) is 4.79 Å². The van der Waals surface area contributed by atoms with Crippen LogP contribution >= 0.6 is 12.2 Å². The minimum Gasteiger partial charge on any atom is -0.389 e. The molecule has 2 N–H and O–H groups in total. The molecule has 110 valence electrons. The molecule has 0 fully saturated rings. The van der Waals surface area contributed by atoms with Crippen LogP contribution in [0.25, 0.3) is 0 Å². The van der Waals surface area contributed by atoms with Crippen molar-refractivity contribution < 1.29 is 0 Å². The largest absolute Gasteiger partial charge is 0.389 e. The fourth-order valence-electron chi connectivity index (χ4n) is 1.99. The number of nitrogens with zero attached hydrogens (tertiary/aromatic N) is 3. The lowest BCUT2D eigenvalue weighted by Gasteiger charge is -2.16. The Kier molecular flexibility index (Phi) is 4.70. The molecule has 0 bridgehead atoms. The molecule has 0 amide bonds. The Bertz CT molecular complexity index is 711. The average molecular weight is 302 g/mol. The molecule has 1 aromatic carbocycles. The monoisotopic (exact) mass is 302 g/mol. The summed E-state index contributed by atoms with van der Waals surface area (Å²) in [6.45, 7) is 3.18. The Morgan fingerprint density at radius 1 is 1.43 bits per heavy atom. The fourth-order valence-corrected chi connectivity index (χ4v) is 2.19. The van der Waals surface area contributed by atoms with Gasteiger partial charge >= 0.3 is 0 Å². The van der Waals surface area contributed by atoms with Crippen LogP contribution in [0.1, 0.15) is 18.1 Å². The van der Waals surface area contributed by atoms with Crippen LogP contribution in [0.5, 0.6) is 0 Å². The molecule has 1 heterocycles. The van der Waals surface area contributed by atoms with Crippen LogP contribution in [0.4, 0.5) is 5.69 Å². The Morgan fingerprint density at radius 2 is 2.14 bits per heavy atom. The lowest BCUT2D eigenvalue weighted by molar-refractivity contribution is 0.637. The molecule has 0 spiro atoms. The van der Waals surface area contributed by atoms with Gasteiger partial charge in [0.15, 0.2) is 0 Å². The molecule has 6 heteroatoms. The van der Waals surface area contributed by atoms with Crippen molar-refractivity contribution in [2.45, 2.75) is 13.5 Å². The van der Waals surface area contributed by atoms with Crippen molar-refractivity contribution >= 4 is 22.9 Å². The first kappa shape index (κ1) is 15.2. The fraction of sp³-hybridized carbons (Fsp3) is 0.267. The zero-order chi connectivity index (χ0) is 15.4. The summed E-state index contributed by atoms with van der Waals surface area (Å²) in [5, 5.41) is 4.22. The molecule has 2 aromatic rings. The van der Waals surface area contributed by atoms with Crippen molar-refractivity contribution in [3.05, 3.63) is 58.0 Å². The summed E-state index contributed by atoms with van der Waals surface area (Å²) in [5.41, 5.74) is 8.02. The van der Waals surface area contributed by atoms with E-state index in [4.69, 9.17) is 18.0 Å². The van der Waals surface area contributed by atoms with Crippen molar-refractivity contribution in [2.24, 2.45) is 5.73 Å². The second kappa shape index (κ2) is 6.49. The SMILES string of the molecule is CCN(C)c1cnn(Cc2ccccc2C(N)=S)c(=O)c1. The summed E-state index contributed by atoms with van der Waals surface area (Å²) in [7, 11) is 1.92. The van der Waals surface area contributed by atoms with Crippen molar-refractivity contribution in [2.75, 3.05) is 18.5 Å². The average Bonchev–Trinajstić information content (AvgIpc) is 2.48. The molecule has 1 aromatic heterocycles.